The number of para-hydroxylation sites is 2. The highest BCUT2D eigenvalue weighted by Crippen LogP contribution is 2.32. The molecular weight excluding hydrogens is 448 g/mol. The summed E-state index contributed by atoms with van der Waals surface area (Å²) in [6.45, 7) is 1.19. The standard InChI is InChI=1S/C23H22N2O7S/c1-3-31-21(27)13-25-22(28)19(33-23(25)29)12-15-8-10-16(11-9-15)32-14-20(26)24-17-6-4-5-7-18(17)30-2/h4-12H,3,13-14H2,1-2H3,(H,24,26)/b19-12-. The van der Waals surface area contributed by atoms with Crippen LogP contribution < -0.4 is 14.8 Å². The van der Waals surface area contributed by atoms with Crippen LogP contribution in [0.2, 0.25) is 0 Å². The summed E-state index contributed by atoms with van der Waals surface area (Å²) in [7, 11) is 1.52. The number of anilines is 1. The number of imide groups is 1. The molecule has 0 bridgehead atoms. The maximum atomic E-state index is 12.4. The topological polar surface area (TPSA) is 111 Å². The van der Waals surface area contributed by atoms with Crippen molar-refractivity contribution in [1.29, 1.82) is 0 Å². The maximum absolute atomic E-state index is 12.4. The second kappa shape index (κ2) is 11.2. The molecule has 2 aromatic rings. The molecule has 3 rings (SSSR count). The summed E-state index contributed by atoms with van der Waals surface area (Å²) in [4.78, 5) is 49.3. The number of nitrogens with one attached hydrogen (secondary N) is 1. The molecular formula is C23H22N2O7S. The SMILES string of the molecule is CCOC(=O)CN1C(=O)S/C(=C\c2ccc(OCC(=O)Nc3ccccc3OC)cc2)C1=O. The molecule has 1 aliphatic rings. The highest BCUT2D eigenvalue weighted by Gasteiger charge is 2.36. The first-order valence-corrected chi connectivity index (χ1v) is 10.8. The monoisotopic (exact) mass is 470 g/mol. The van der Waals surface area contributed by atoms with Crippen molar-refractivity contribution in [3.05, 3.63) is 59.0 Å². The van der Waals surface area contributed by atoms with Gasteiger partial charge in [0, 0.05) is 0 Å². The maximum Gasteiger partial charge on any atom is 0.326 e. The van der Waals surface area contributed by atoms with Crippen LogP contribution in [0.3, 0.4) is 0 Å². The molecule has 1 fully saturated rings. The lowest BCUT2D eigenvalue weighted by molar-refractivity contribution is -0.146. The van der Waals surface area contributed by atoms with Gasteiger partial charge in [0.05, 0.1) is 24.3 Å². The third kappa shape index (κ3) is 6.36. The molecule has 1 aliphatic heterocycles. The van der Waals surface area contributed by atoms with E-state index in [2.05, 4.69) is 5.32 Å². The Morgan fingerprint density at radius 3 is 2.52 bits per heavy atom. The van der Waals surface area contributed by atoms with Gasteiger partial charge in [0.25, 0.3) is 17.1 Å². The minimum absolute atomic E-state index is 0.168. The van der Waals surface area contributed by atoms with E-state index in [1.165, 1.54) is 7.11 Å². The summed E-state index contributed by atoms with van der Waals surface area (Å²) in [6, 6.07) is 13.7. The summed E-state index contributed by atoms with van der Waals surface area (Å²) in [5.41, 5.74) is 1.20. The van der Waals surface area contributed by atoms with Gasteiger partial charge in [-0.25, -0.2) is 0 Å². The van der Waals surface area contributed by atoms with Crippen LogP contribution in [0.5, 0.6) is 11.5 Å². The number of hydrogen-bond acceptors (Lipinski definition) is 8. The lowest BCUT2D eigenvalue weighted by Crippen LogP contribution is -2.34. The van der Waals surface area contributed by atoms with E-state index in [1.807, 2.05) is 0 Å². The van der Waals surface area contributed by atoms with Gasteiger partial charge < -0.3 is 19.5 Å². The van der Waals surface area contributed by atoms with Gasteiger partial charge >= 0.3 is 5.97 Å². The number of carbonyl (C=O) groups excluding carboxylic acids is 4. The average molecular weight is 471 g/mol. The number of nitrogens with zero attached hydrogens (tertiary/aromatic N) is 1. The Morgan fingerprint density at radius 2 is 1.82 bits per heavy atom. The van der Waals surface area contributed by atoms with Gasteiger partial charge in [-0.2, -0.15) is 0 Å². The fourth-order valence-electron chi connectivity index (χ4n) is 2.87. The van der Waals surface area contributed by atoms with Crippen LogP contribution in [-0.2, 0) is 19.1 Å². The van der Waals surface area contributed by atoms with Crippen molar-refractivity contribution in [1.82, 2.24) is 4.90 Å². The first-order valence-electron chi connectivity index (χ1n) is 9.98. The highest BCUT2D eigenvalue weighted by molar-refractivity contribution is 8.18. The number of benzene rings is 2. The number of rotatable bonds is 9. The molecule has 1 heterocycles. The predicted molar refractivity (Wildman–Crippen MR) is 123 cm³/mol. The molecule has 0 unspecified atom stereocenters. The number of carbonyl (C=O) groups is 4. The van der Waals surface area contributed by atoms with Crippen molar-refractivity contribution in [2.75, 3.05) is 32.2 Å². The molecule has 3 amide bonds. The van der Waals surface area contributed by atoms with Gasteiger partial charge in [-0.15, -0.1) is 0 Å². The highest BCUT2D eigenvalue weighted by atomic mass is 32.2. The zero-order valence-corrected chi connectivity index (χ0v) is 18.8. The average Bonchev–Trinajstić information content (AvgIpc) is 3.06. The van der Waals surface area contributed by atoms with Crippen molar-refractivity contribution >= 4 is 46.5 Å². The molecule has 0 spiro atoms. The van der Waals surface area contributed by atoms with Crippen LogP contribution in [0.4, 0.5) is 10.5 Å². The summed E-state index contributed by atoms with van der Waals surface area (Å²) in [5, 5.41) is 2.19. The Morgan fingerprint density at radius 1 is 1.09 bits per heavy atom. The lowest BCUT2D eigenvalue weighted by atomic mass is 10.2. The molecule has 0 radical (unpaired) electrons. The van der Waals surface area contributed by atoms with Gasteiger partial charge in [0.2, 0.25) is 0 Å². The first-order chi connectivity index (χ1) is 15.9. The number of methoxy groups -OCH3 is 1. The van der Waals surface area contributed by atoms with Gasteiger partial charge in [0.15, 0.2) is 6.61 Å². The summed E-state index contributed by atoms with van der Waals surface area (Å²) in [6.07, 6.45) is 1.55. The van der Waals surface area contributed by atoms with Crippen LogP contribution in [0.15, 0.2) is 53.4 Å². The van der Waals surface area contributed by atoms with E-state index < -0.39 is 23.7 Å². The van der Waals surface area contributed by atoms with Crippen molar-refractivity contribution < 1.29 is 33.4 Å². The largest absolute Gasteiger partial charge is 0.495 e. The molecule has 2 aromatic carbocycles. The van der Waals surface area contributed by atoms with Gasteiger partial charge in [-0.3, -0.25) is 24.1 Å². The molecule has 0 atom stereocenters. The minimum atomic E-state index is -0.641. The molecule has 1 N–H and O–H groups in total. The Balaban J connectivity index is 1.56. The molecule has 1 saturated heterocycles. The van der Waals surface area contributed by atoms with E-state index in [-0.39, 0.29) is 24.0 Å². The molecule has 172 valence electrons. The zero-order chi connectivity index (χ0) is 23.8. The van der Waals surface area contributed by atoms with E-state index in [9.17, 15) is 19.2 Å². The van der Waals surface area contributed by atoms with Crippen LogP contribution >= 0.6 is 11.8 Å². The van der Waals surface area contributed by atoms with Gasteiger partial charge in [-0.05, 0) is 54.6 Å². The van der Waals surface area contributed by atoms with Crippen LogP contribution in [0.25, 0.3) is 6.08 Å². The quantitative estimate of drug-likeness (QED) is 0.439. The summed E-state index contributed by atoms with van der Waals surface area (Å²) >= 11 is 0.755. The fraction of sp³-hybridized carbons (Fsp3) is 0.217. The number of amides is 3. The summed E-state index contributed by atoms with van der Waals surface area (Å²) < 4.78 is 15.5. The Bertz CT molecular complexity index is 1080. The van der Waals surface area contributed by atoms with Crippen molar-refractivity contribution in [3.63, 3.8) is 0 Å². The van der Waals surface area contributed by atoms with Crippen LogP contribution in [-0.4, -0.2) is 54.8 Å². The zero-order valence-electron chi connectivity index (χ0n) is 18.0. The summed E-state index contributed by atoms with van der Waals surface area (Å²) in [5.74, 6) is -0.540. The second-order valence-electron chi connectivity index (χ2n) is 6.68. The van der Waals surface area contributed by atoms with Gasteiger partial charge in [-0.1, -0.05) is 24.3 Å². The Labute approximate surface area is 194 Å². The van der Waals surface area contributed by atoms with Crippen LogP contribution in [0, 0.1) is 0 Å². The van der Waals surface area contributed by atoms with E-state index in [1.54, 1.807) is 61.5 Å². The smallest absolute Gasteiger partial charge is 0.326 e. The molecule has 0 aliphatic carbocycles. The minimum Gasteiger partial charge on any atom is -0.495 e. The van der Waals surface area contributed by atoms with E-state index in [4.69, 9.17) is 14.2 Å². The Hall–Kier alpha value is -3.79. The molecule has 0 saturated carbocycles. The number of esters is 1. The van der Waals surface area contributed by atoms with Crippen molar-refractivity contribution in [2.24, 2.45) is 0 Å². The molecule has 0 aromatic heterocycles. The third-order valence-electron chi connectivity index (χ3n) is 4.39. The lowest BCUT2D eigenvalue weighted by Gasteiger charge is -2.11. The number of ether oxygens (including phenoxy) is 3. The van der Waals surface area contributed by atoms with Crippen molar-refractivity contribution in [3.8, 4) is 11.5 Å². The molecule has 33 heavy (non-hydrogen) atoms. The number of thioether (sulfide) groups is 1. The van der Waals surface area contributed by atoms with Crippen molar-refractivity contribution in [2.45, 2.75) is 6.92 Å². The van der Waals surface area contributed by atoms with Gasteiger partial charge in [0.1, 0.15) is 18.0 Å². The predicted octanol–water partition coefficient (Wildman–Crippen LogP) is 3.31. The fourth-order valence-corrected chi connectivity index (χ4v) is 3.71. The second-order valence-corrected chi connectivity index (χ2v) is 7.67. The van der Waals surface area contributed by atoms with E-state index >= 15 is 0 Å². The van der Waals surface area contributed by atoms with E-state index in [0.717, 1.165) is 16.7 Å². The normalized spacial score (nSPS) is 14.4. The third-order valence-corrected chi connectivity index (χ3v) is 5.30. The molecule has 9 nitrogen and oxygen atoms in total. The Kier molecular flexibility index (Phi) is 8.09. The van der Waals surface area contributed by atoms with Crippen LogP contribution in [0.1, 0.15) is 12.5 Å². The molecule has 10 heteroatoms. The number of hydrogen-bond donors (Lipinski definition) is 1. The van der Waals surface area contributed by atoms with E-state index in [0.29, 0.717) is 22.7 Å². The first kappa shape index (κ1) is 23.9.